The van der Waals surface area contributed by atoms with Gasteiger partial charge in [-0.25, -0.2) is 8.78 Å². The number of alkyl halides is 2. The summed E-state index contributed by atoms with van der Waals surface area (Å²) < 4.78 is 28.1. The van der Waals surface area contributed by atoms with Gasteiger partial charge in [0.15, 0.2) is 0 Å². The number of carbonyl (C=O) groups excluding carboxylic acids is 1. The molecular formula is C12H15ClF2N2O2. The van der Waals surface area contributed by atoms with Crippen LogP contribution in [0.15, 0.2) is 24.3 Å². The molecule has 0 heterocycles. The lowest BCUT2D eigenvalue weighted by Crippen LogP contribution is -2.30. The Balaban J connectivity index is 2.13. The average molecular weight is 293 g/mol. The SMILES string of the molecule is O=C(CNCCOCC(F)F)Nc1ccccc1Cl. The first-order chi connectivity index (χ1) is 9.09. The van der Waals surface area contributed by atoms with Crippen molar-refractivity contribution < 1.29 is 18.3 Å². The fraction of sp³-hybridized carbons (Fsp3) is 0.417. The zero-order valence-corrected chi connectivity index (χ0v) is 10.9. The van der Waals surface area contributed by atoms with Crippen LogP contribution in [0.5, 0.6) is 0 Å². The smallest absolute Gasteiger partial charge is 0.261 e. The predicted octanol–water partition coefficient (Wildman–Crippen LogP) is 2.15. The van der Waals surface area contributed by atoms with Gasteiger partial charge in [0.2, 0.25) is 5.91 Å². The Morgan fingerprint density at radius 3 is 2.79 bits per heavy atom. The summed E-state index contributed by atoms with van der Waals surface area (Å²) in [7, 11) is 0. The molecule has 0 aliphatic heterocycles. The van der Waals surface area contributed by atoms with E-state index in [1.807, 2.05) is 0 Å². The predicted molar refractivity (Wildman–Crippen MR) is 69.8 cm³/mol. The second-order valence-corrected chi connectivity index (χ2v) is 4.08. The van der Waals surface area contributed by atoms with Gasteiger partial charge < -0.3 is 15.4 Å². The molecule has 1 aromatic rings. The zero-order chi connectivity index (χ0) is 14.1. The van der Waals surface area contributed by atoms with Gasteiger partial charge in [-0.1, -0.05) is 23.7 Å². The third-order valence-electron chi connectivity index (χ3n) is 2.10. The molecule has 0 aromatic heterocycles. The molecule has 0 radical (unpaired) electrons. The Bertz CT molecular complexity index is 405. The molecule has 0 fully saturated rings. The lowest BCUT2D eigenvalue weighted by molar-refractivity contribution is -0.115. The molecule has 0 aliphatic carbocycles. The minimum absolute atomic E-state index is 0.0588. The number of halogens is 3. The van der Waals surface area contributed by atoms with E-state index in [4.69, 9.17) is 11.6 Å². The quantitative estimate of drug-likeness (QED) is 0.722. The third-order valence-corrected chi connectivity index (χ3v) is 2.43. The molecular weight excluding hydrogens is 278 g/mol. The molecule has 19 heavy (non-hydrogen) atoms. The lowest BCUT2D eigenvalue weighted by atomic mass is 10.3. The molecule has 2 N–H and O–H groups in total. The first-order valence-corrected chi connectivity index (χ1v) is 6.08. The number of hydrogen-bond acceptors (Lipinski definition) is 3. The van der Waals surface area contributed by atoms with Crippen LogP contribution in [-0.2, 0) is 9.53 Å². The summed E-state index contributed by atoms with van der Waals surface area (Å²) >= 11 is 5.87. The number of rotatable bonds is 8. The molecule has 1 amide bonds. The number of para-hydroxylation sites is 1. The van der Waals surface area contributed by atoms with Crippen LogP contribution in [0.3, 0.4) is 0 Å². The molecule has 0 spiro atoms. The molecule has 106 valence electrons. The highest BCUT2D eigenvalue weighted by Crippen LogP contribution is 2.19. The van der Waals surface area contributed by atoms with Crippen molar-refractivity contribution in [3.05, 3.63) is 29.3 Å². The highest BCUT2D eigenvalue weighted by Gasteiger charge is 2.05. The zero-order valence-electron chi connectivity index (χ0n) is 10.2. The van der Waals surface area contributed by atoms with Crippen molar-refractivity contribution in [2.75, 3.05) is 31.6 Å². The van der Waals surface area contributed by atoms with Gasteiger partial charge in [-0.3, -0.25) is 4.79 Å². The van der Waals surface area contributed by atoms with Crippen LogP contribution in [0.4, 0.5) is 14.5 Å². The molecule has 4 nitrogen and oxygen atoms in total. The minimum atomic E-state index is -2.47. The summed E-state index contributed by atoms with van der Waals surface area (Å²) in [6.45, 7) is -0.0802. The summed E-state index contributed by atoms with van der Waals surface area (Å²) in [5, 5.41) is 5.85. The van der Waals surface area contributed by atoms with Gasteiger partial charge in [0, 0.05) is 6.54 Å². The van der Waals surface area contributed by atoms with E-state index in [2.05, 4.69) is 15.4 Å². The Labute approximate surface area is 115 Å². The van der Waals surface area contributed by atoms with Gasteiger partial charge >= 0.3 is 0 Å². The van der Waals surface area contributed by atoms with Crippen LogP contribution in [0, 0.1) is 0 Å². The van der Waals surface area contributed by atoms with Crippen LogP contribution in [0.2, 0.25) is 5.02 Å². The maximum atomic E-state index is 11.7. The van der Waals surface area contributed by atoms with Gasteiger partial charge in [-0.05, 0) is 12.1 Å². The highest BCUT2D eigenvalue weighted by molar-refractivity contribution is 6.33. The van der Waals surface area contributed by atoms with Crippen molar-refractivity contribution in [2.45, 2.75) is 6.43 Å². The molecule has 0 aliphatic rings. The van der Waals surface area contributed by atoms with E-state index in [1.165, 1.54) is 0 Å². The summed E-state index contributed by atoms with van der Waals surface area (Å²) in [4.78, 5) is 11.5. The van der Waals surface area contributed by atoms with E-state index >= 15 is 0 Å². The molecule has 1 rings (SSSR count). The number of nitrogens with one attached hydrogen (secondary N) is 2. The summed E-state index contributed by atoms with van der Waals surface area (Å²) in [6.07, 6.45) is -2.47. The molecule has 0 bridgehead atoms. The molecule has 0 atom stereocenters. The second kappa shape index (κ2) is 8.79. The van der Waals surface area contributed by atoms with Crippen LogP contribution < -0.4 is 10.6 Å². The Hall–Kier alpha value is -1.24. The van der Waals surface area contributed by atoms with E-state index in [0.717, 1.165) is 0 Å². The summed E-state index contributed by atoms with van der Waals surface area (Å²) in [5.74, 6) is -0.262. The normalized spacial score (nSPS) is 10.7. The van der Waals surface area contributed by atoms with Crippen molar-refractivity contribution in [3.8, 4) is 0 Å². The van der Waals surface area contributed by atoms with E-state index in [-0.39, 0.29) is 19.1 Å². The van der Waals surface area contributed by atoms with E-state index < -0.39 is 13.0 Å². The monoisotopic (exact) mass is 292 g/mol. The summed E-state index contributed by atoms with van der Waals surface area (Å²) in [6, 6.07) is 6.87. The van der Waals surface area contributed by atoms with Gasteiger partial charge in [0.1, 0.15) is 6.61 Å². The van der Waals surface area contributed by atoms with Crippen LogP contribution in [-0.4, -0.2) is 38.6 Å². The van der Waals surface area contributed by atoms with Gasteiger partial charge in [-0.15, -0.1) is 0 Å². The fourth-order valence-corrected chi connectivity index (χ4v) is 1.46. The van der Waals surface area contributed by atoms with Gasteiger partial charge in [0.05, 0.1) is 23.9 Å². The molecule has 1 aromatic carbocycles. The number of anilines is 1. The average Bonchev–Trinajstić information content (AvgIpc) is 2.36. The number of carbonyl (C=O) groups is 1. The first-order valence-electron chi connectivity index (χ1n) is 5.70. The van der Waals surface area contributed by atoms with Crippen LogP contribution in [0.1, 0.15) is 0 Å². The van der Waals surface area contributed by atoms with Crippen LogP contribution in [0.25, 0.3) is 0 Å². The van der Waals surface area contributed by atoms with Gasteiger partial charge in [-0.2, -0.15) is 0 Å². The van der Waals surface area contributed by atoms with Crippen LogP contribution >= 0.6 is 11.6 Å². The number of hydrogen-bond donors (Lipinski definition) is 2. The maximum absolute atomic E-state index is 11.7. The molecule has 0 saturated heterocycles. The molecule has 0 saturated carbocycles. The Morgan fingerprint density at radius 2 is 2.11 bits per heavy atom. The number of ether oxygens (including phenoxy) is 1. The molecule has 0 unspecified atom stereocenters. The minimum Gasteiger partial charge on any atom is -0.374 e. The van der Waals surface area contributed by atoms with Crippen molar-refractivity contribution in [3.63, 3.8) is 0 Å². The number of benzene rings is 1. The summed E-state index contributed by atoms with van der Waals surface area (Å²) in [5.41, 5.74) is 0.532. The van der Waals surface area contributed by atoms with Crippen molar-refractivity contribution in [2.24, 2.45) is 0 Å². The highest BCUT2D eigenvalue weighted by atomic mass is 35.5. The molecule has 7 heteroatoms. The van der Waals surface area contributed by atoms with Crippen molar-refractivity contribution in [1.82, 2.24) is 5.32 Å². The van der Waals surface area contributed by atoms with Gasteiger partial charge in [0.25, 0.3) is 6.43 Å². The van der Waals surface area contributed by atoms with E-state index in [1.54, 1.807) is 24.3 Å². The van der Waals surface area contributed by atoms with Crippen molar-refractivity contribution in [1.29, 1.82) is 0 Å². The van der Waals surface area contributed by atoms with E-state index in [0.29, 0.717) is 17.3 Å². The maximum Gasteiger partial charge on any atom is 0.261 e. The topological polar surface area (TPSA) is 50.4 Å². The standard InChI is InChI=1S/C12H15ClF2N2O2/c13-9-3-1-2-4-10(9)17-12(18)7-16-5-6-19-8-11(14)15/h1-4,11,16H,5-8H2,(H,17,18). The lowest BCUT2D eigenvalue weighted by Gasteiger charge is -2.08. The van der Waals surface area contributed by atoms with Crippen molar-refractivity contribution >= 4 is 23.2 Å². The van der Waals surface area contributed by atoms with E-state index in [9.17, 15) is 13.6 Å². The Morgan fingerprint density at radius 1 is 1.37 bits per heavy atom. The Kier molecular flexibility index (Phi) is 7.32. The third kappa shape index (κ3) is 7.05. The largest absolute Gasteiger partial charge is 0.374 e. The fourth-order valence-electron chi connectivity index (χ4n) is 1.28. The first kappa shape index (κ1) is 15.8. The second-order valence-electron chi connectivity index (χ2n) is 3.67. The number of amides is 1.